The zero-order valence-electron chi connectivity index (χ0n) is 10.1. The minimum atomic E-state index is -0.297. The van der Waals surface area contributed by atoms with Gasteiger partial charge in [-0.3, -0.25) is 0 Å². The molecule has 0 bridgehead atoms. The maximum absolute atomic E-state index is 13.2. The standard InChI is InChI=1S/C15H13ClFNO/c16-12-4-2-1-3-10(12)15-8-13(18)11-7-9(17)5-6-14(11)19-15/h1-7,13,15H,8,18H2/t13-,15?/m1/s1. The van der Waals surface area contributed by atoms with Crippen LogP contribution in [0.3, 0.4) is 0 Å². The fraction of sp³-hybridized carbons (Fsp3) is 0.200. The molecule has 0 aromatic heterocycles. The molecule has 0 saturated heterocycles. The smallest absolute Gasteiger partial charge is 0.127 e. The van der Waals surface area contributed by atoms with E-state index in [2.05, 4.69) is 0 Å². The predicted octanol–water partition coefficient (Wildman–Crippen LogP) is 4.00. The fourth-order valence-electron chi connectivity index (χ4n) is 2.40. The molecule has 0 saturated carbocycles. The summed E-state index contributed by atoms with van der Waals surface area (Å²) >= 11 is 6.18. The maximum atomic E-state index is 13.2. The Kier molecular flexibility index (Phi) is 3.17. The van der Waals surface area contributed by atoms with Crippen LogP contribution in [-0.4, -0.2) is 0 Å². The Balaban J connectivity index is 1.97. The molecule has 1 unspecified atom stereocenters. The molecule has 0 spiro atoms. The van der Waals surface area contributed by atoms with E-state index in [0.717, 1.165) is 5.56 Å². The summed E-state index contributed by atoms with van der Waals surface area (Å²) in [6.45, 7) is 0. The van der Waals surface area contributed by atoms with E-state index in [9.17, 15) is 4.39 Å². The Morgan fingerprint density at radius 2 is 1.95 bits per heavy atom. The van der Waals surface area contributed by atoms with E-state index in [4.69, 9.17) is 22.1 Å². The van der Waals surface area contributed by atoms with E-state index < -0.39 is 0 Å². The van der Waals surface area contributed by atoms with Gasteiger partial charge in [0.25, 0.3) is 0 Å². The van der Waals surface area contributed by atoms with Gasteiger partial charge in [0.05, 0.1) is 0 Å². The van der Waals surface area contributed by atoms with Crippen LogP contribution in [-0.2, 0) is 0 Å². The zero-order chi connectivity index (χ0) is 13.4. The van der Waals surface area contributed by atoms with Crippen molar-refractivity contribution in [2.75, 3.05) is 0 Å². The lowest BCUT2D eigenvalue weighted by atomic mass is 9.93. The molecule has 19 heavy (non-hydrogen) atoms. The molecule has 3 rings (SSSR count). The van der Waals surface area contributed by atoms with Gasteiger partial charge in [-0.25, -0.2) is 4.39 Å². The number of nitrogens with two attached hydrogens (primary N) is 1. The van der Waals surface area contributed by atoms with Crippen LogP contribution in [0.25, 0.3) is 0 Å². The third kappa shape index (κ3) is 2.31. The molecule has 1 aliphatic rings. The minimum Gasteiger partial charge on any atom is -0.485 e. The van der Waals surface area contributed by atoms with E-state index in [0.29, 0.717) is 22.8 Å². The van der Waals surface area contributed by atoms with E-state index in [1.165, 1.54) is 12.1 Å². The lowest BCUT2D eigenvalue weighted by molar-refractivity contribution is 0.161. The van der Waals surface area contributed by atoms with Crippen molar-refractivity contribution in [3.63, 3.8) is 0 Å². The SMILES string of the molecule is N[C@@H]1CC(c2ccccc2Cl)Oc2ccc(F)cc21. The highest BCUT2D eigenvalue weighted by molar-refractivity contribution is 6.31. The Morgan fingerprint density at radius 1 is 1.16 bits per heavy atom. The topological polar surface area (TPSA) is 35.2 Å². The summed E-state index contributed by atoms with van der Waals surface area (Å²) in [6, 6.07) is 11.7. The number of hydrogen-bond acceptors (Lipinski definition) is 2. The molecule has 2 atom stereocenters. The second-order valence-corrected chi connectivity index (χ2v) is 5.06. The fourth-order valence-corrected chi connectivity index (χ4v) is 2.66. The van der Waals surface area contributed by atoms with Gasteiger partial charge in [0.15, 0.2) is 0 Å². The van der Waals surface area contributed by atoms with E-state index in [-0.39, 0.29) is 18.0 Å². The first-order valence-corrected chi connectivity index (χ1v) is 6.49. The highest BCUT2D eigenvalue weighted by atomic mass is 35.5. The third-order valence-corrected chi connectivity index (χ3v) is 3.70. The molecular weight excluding hydrogens is 265 g/mol. The van der Waals surface area contributed by atoms with E-state index >= 15 is 0 Å². The van der Waals surface area contributed by atoms with Gasteiger partial charge >= 0.3 is 0 Å². The van der Waals surface area contributed by atoms with Gasteiger partial charge in [-0.2, -0.15) is 0 Å². The second-order valence-electron chi connectivity index (χ2n) is 4.65. The Bertz CT molecular complexity index is 617. The van der Waals surface area contributed by atoms with Crippen LogP contribution in [0.1, 0.15) is 29.7 Å². The number of ether oxygens (including phenoxy) is 1. The average molecular weight is 278 g/mol. The number of hydrogen-bond donors (Lipinski definition) is 1. The van der Waals surface area contributed by atoms with Crippen molar-refractivity contribution >= 4 is 11.6 Å². The van der Waals surface area contributed by atoms with Crippen LogP contribution < -0.4 is 10.5 Å². The number of rotatable bonds is 1. The molecule has 2 N–H and O–H groups in total. The van der Waals surface area contributed by atoms with Gasteiger partial charge in [0.1, 0.15) is 17.7 Å². The maximum Gasteiger partial charge on any atom is 0.127 e. The molecule has 1 aliphatic heterocycles. The predicted molar refractivity (Wildman–Crippen MR) is 72.8 cm³/mol. The molecule has 2 aromatic rings. The van der Waals surface area contributed by atoms with Crippen LogP contribution in [0.5, 0.6) is 5.75 Å². The van der Waals surface area contributed by atoms with Gasteiger partial charge < -0.3 is 10.5 Å². The van der Waals surface area contributed by atoms with Crippen molar-refractivity contribution in [1.82, 2.24) is 0 Å². The number of benzene rings is 2. The summed E-state index contributed by atoms with van der Waals surface area (Å²) in [5.74, 6) is 0.332. The Hall–Kier alpha value is -1.58. The molecule has 2 nitrogen and oxygen atoms in total. The molecule has 0 fully saturated rings. The van der Waals surface area contributed by atoms with Gasteiger partial charge in [0, 0.05) is 28.6 Å². The summed E-state index contributed by atoms with van der Waals surface area (Å²) in [4.78, 5) is 0. The largest absolute Gasteiger partial charge is 0.485 e. The van der Waals surface area contributed by atoms with Crippen LogP contribution in [0.4, 0.5) is 4.39 Å². The van der Waals surface area contributed by atoms with E-state index in [1.54, 1.807) is 6.07 Å². The highest BCUT2D eigenvalue weighted by Gasteiger charge is 2.28. The quantitative estimate of drug-likeness (QED) is 0.855. The van der Waals surface area contributed by atoms with Gasteiger partial charge in [-0.1, -0.05) is 29.8 Å². The summed E-state index contributed by atoms with van der Waals surface area (Å²) in [5, 5.41) is 0.658. The van der Waals surface area contributed by atoms with E-state index in [1.807, 2.05) is 24.3 Å². The molecule has 4 heteroatoms. The van der Waals surface area contributed by atoms with Gasteiger partial charge in [-0.05, 0) is 24.3 Å². The number of fused-ring (bicyclic) bond motifs is 1. The molecule has 1 heterocycles. The molecule has 2 aromatic carbocycles. The zero-order valence-corrected chi connectivity index (χ0v) is 10.9. The normalized spacial score (nSPS) is 21.6. The van der Waals surface area contributed by atoms with Crippen molar-refractivity contribution < 1.29 is 9.13 Å². The van der Waals surface area contributed by atoms with Gasteiger partial charge in [-0.15, -0.1) is 0 Å². The first-order chi connectivity index (χ1) is 9.15. The Labute approximate surface area is 115 Å². The summed E-state index contributed by atoms with van der Waals surface area (Å²) in [6.07, 6.45) is 0.391. The molecule has 0 aliphatic carbocycles. The summed E-state index contributed by atoms with van der Waals surface area (Å²) in [5.41, 5.74) is 7.73. The van der Waals surface area contributed by atoms with Crippen molar-refractivity contribution in [3.8, 4) is 5.75 Å². The van der Waals surface area contributed by atoms with Crippen LogP contribution >= 0.6 is 11.6 Å². The van der Waals surface area contributed by atoms with Crippen LogP contribution in [0.2, 0.25) is 5.02 Å². The summed E-state index contributed by atoms with van der Waals surface area (Å²) < 4.78 is 19.1. The first kappa shape index (κ1) is 12.5. The van der Waals surface area contributed by atoms with Crippen molar-refractivity contribution in [3.05, 3.63) is 64.4 Å². The molecule has 0 amide bonds. The summed E-state index contributed by atoms with van der Waals surface area (Å²) in [7, 11) is 0. The van der Waals surface area contributed by atoms with Crippen LogP contribution in [0.15, 0.2) is 42.5 Å². The number of halogens is 2. The molecule has 0 radical (unpaired) electrons. The van der Waals surface area contributed by atoms with Crippen molar-refractivity contribution in [2.24, 2.45) is 5.73 Å². The first-order valence-electron chi connectivity index (χ1n) is 6.11. The third-order valence-electron chi connectivity index (χ3n) is 3.36. The van der Waals surface area contributed by atoms with Crippen molar-refractivity contribution in [2.45, 2.75) is 18.6 Å². The lowest BCUT2D eigenvalue weighted by Crippen LogP contribution is -2.24. The minimum absolute atomic E-state index is 0.193. The Morgan fingerprint density at radius 3 is 2.74 bits per heavy atom. The van der Waals surface area contributed by atoms with Gasteiger partial charge in [0.2, 0.25) is 0 Å². The van der Waals surface area contributed by atoms with Crippen LogP contribution in [0, 0.1) is 5.82 Å². The average Bonchev–Trinajstić information content (AvgIpc) is 2.40. The molecule has 98 valence electrons. The molecular formula is C15H13ClFNO. The highest BCUT2D eigenvalue weighted by Crippen LogP contribution is 2.41. The monoisotopic (exact) mass is 277 g/mol. The second kappa shape index (κ2) is 4.83. The van der Waals surface area contributed by atoms with Crippen molar-refractivity contribution in [1.29, 1.82) is 0 Å². The lowest BCUT2D eigenvalue weighted by Gasteiger charge is -2.31.